The number of fused-ring (bicyclic) bond motifs is 1. The van der Waals surface area contributed by atoms with Crippen LogP contribution in [0.1, 0.15) is 5.82 Å². The van der Waals surface area contributed by atoms with E-state index in [2.05, 4.69) is 15.2 Å². The fourth-order valence-corrected chi connectivity index (χ4v) is 2.04. The molecule has 6 nitrogen and oxygen atoms in total. The van der Waals surface area contributed by atoms with E-state index in [-0.39, 0.29) is 11.4 Å². The first-order valence-electron chi connectivity index (χ1n) is 6.12. The van der Waals surface area contributed by atoms with Gasteiger partial charge in [0, 0.05) is 18.1 Å². The monoisotopic (exact) mass is 273 g/mol. The molecule has 0 aliphatic carbocycles. The molecule has 0 fully saturated rings. The Balaban J connectivity index is 2.15. The van der Waals surface area contributed by atoms with Gasteiger partial charge in [-0.3, -0.25) is 4.79 Å². The molecule has 7 heteroatoms. The van der Waals surface area contributed by atoms with E-state index < -0.39 is 0 Å². The molecule has 102 valence electrons. The van der Waals surface area contributed by atoms with Gasteiger partial charge in [-0.05, 0) is 30.8 Å². The quantitative estimate of drug-likeness (QED) is 0.736. The molecule has 0 saturated carbocycles. The fourth-order valence-electron chi connectivity index (χ4n) is 2.04. The van der Waals surface area contributed by atoms with E-state index >= 15 is 0 Å². The number of aromatic amines is 1. The second kappa shape index (κ2) is 4.86. The van der Waals surface area contributed by atoms with Crippen molar-refractivity contribution in [1.29, 1.82) is 0 Å². The van der Waals surface area contributed by atoms with Crippen LogP contribution in [-0.2, 0) is 6.42 Å². The summed E-state index contributed by atoms with van der Waals surface area (Å²) in [5.41, 5.74) is 6.36. The normalized spacial score (nSPS) is 11.1. The molecule has 0 saturated heterocycles. The van der Waals surface area contributed by atoms with Crippen molar-refractivity contribution in [2.45, 2.75) is 6.42 Å². The van der Waals surface area contributed by atoms with Crippen molar-refractivity contribution in [2.24, 2.45) is 5.73 Å². The van der Waals surface area contributed by atoms with Gasteiger partial charge < -0.3 is 5.73 Å². The third-order valence-electron chi connectivity index (χ3n) is 2.97. The predicted octanol–water partition coefficient (Wildman–Crippen LogP) is 0.725. The highest BCUT2D eigenvalue weighted by atomic mass is 19.1. The summed E-state index contributed by atoms with van der Waals surface area (Å²) in [4.78, 5) is 16.5. The standard InChI is InChI=1S/C13H12FN5O/c14-9-3-1-8(2-4-9)10-7-12(20)19-11(5-6-15)17-18-13(19)16-10/h1-4,7H,5-6,15H2,(H,16,18). The molecular formula is C13H12FN5O. The van der Waals surface area contributed by atoms with Crippen LogP contribution in [0.15, 0.2) is 35.1 Å². The lowest BCUT2D eigenvalue weighted by molar-refractivity contribution is 0.628. The van der Waals surface area contributed by atoms with Crippen LogP contribution in [0.2, 0.25) is 0 Å². The molecule has 2 heterocycles. The topological polar surface area (TPSA) is 89.1 Å². The minimum Gasteiger partial charge on any atom is -0.330 e. The van der Waals surface area contributed by atoms with Gasteiger partial charge >= 0.3 is 0 Å². The maximum absolute atomic E-state index is 12.9. The van der Waals surface area contributed by atoms with Crippen LogP contribution in [0.3, 0.4) is 0 Å². The summed E-state index contributed by atoms with van der Waals surface area (Å²) in [5.74, 6) is 0.559. The molecule has 0 radical (unpaired) electrons. The lowest BCUT2D eigenvalue weighted by atomic mass is 10.1. The van der Waals surface area contributed by atoms with E-state index in [0.717, 1.165) is 0 Å². The molecule has 0 aliphatic rings. The molecule has 0 unspecified atom stereocenters. The first-order valence-corrected chi connectivity index (χ1v) is 6.12. The van der Waals surface area contributed by atoms with Crippen molar-refractivity contribution in [3.63, 3.8) is 0 Å². The Hall–Kier alpha value is -2.54. The molecule has 0 spiro atoms. The van der Waals surface area contributed by atoms with Gasteiger partial charge in [0.05, 0.1) is 5.69 Å². The van der Waals surface area contributed by atoms with Crippen molar-refractivity contribution in [3.8, 4) is 11.3 Å². The Labute approximate surface area is 113 Å². The Morgan fingerprint density at radius 2 is 2.05 bits per heavy atom. The number of rotatable bonds is 3. The minimum absolute atomic E-state index is 0.244. The van der Waals surface area contributed by atoms with Crippen LogP contribution in [0.25, 0.3) is 17.0 Å². The van der Waals surface area contributed by atoms with Crippen molar-refractivity contribution in [2.75, 3.05) is 6.54 Å². The summed E-state index contributed by atoms with van der Waals surface area (Å²) >= 11 is 0. The number of aromatic nitrogens is 4. The highest BCUT2D eigenvalue weighted by molar-refractivity contribution is 5.60. The van der Waals surface area contributed by atoms with Gasteiger partial charge in [0.25, 0.3) is 5.56 Å². The van der Waals surface area contributed by atoms with Crippen LogP contribution in [-0.4, -0.2) is 26.1 Å². The van der Waals surface area contributed by atoms with E-state index in [4.69, 9.17) is 5.73 Å². The zero-order valence-electron chi connectivity index (χ0n) is 10.5. The average Bonchev–Trinajstić information content (AvgIpc) is 2.84. The fraction of sp³-hybridized carbons (Fsp3) is 0.154. The predicted molar refractivity (Wildman–Crippen MR) is 71.8 cm³/mol. The summed E-state index contributed by atoms with van der Waals surface area (Å²) in [6, 6.07) is 7.20. The molecule has 0 aliphatic heterocycles. The lowest BCUT2D eigenvalue weighted by Crippen LogP contribution is -2.17. The number of nitrogens with zero attached hydrogens (tertiary/aromatic N) is 3. The largest absolute Gasteiger partial charge is 0.330 e. The zero-order chi connectivity index (χ0) is 14.1. The third kappa shape index (κ3) is 2.08. The molecule has 0 bridgehead atoms. The Bertz CT molecular complexity index is 806. The van der Waals surface area contributed by atoms with Gasteiger partial charge in [0.15, 0.2) is 0 Å². The van der Waals surface area contributed by atoms with Crippen LogP contribution in [0.4, 0.5) is 4.39 Å². The number of H-pyrrole nitrogens is 1. The van der Waals surface area contributed by atoms with Gasteiger partial charge in [0.1, 0.15) is 11.6 Å². The van der Waals surface area contributed by atoms with Crippen LogP contribution < -0.4 is 11.3 Å². The molecule has 0 atom stereocenters. The SMILES string of the molecule is NCCc1n[nH]c2nc(-c3ccc(F)cc3)cc(=O)n12. The first kappa shape index (κ1) is 12.5. The summed E-state index contributed by atoms with van der Waals surface area (Å²) in [5, 5.41) is 6.74. The van der Waals surface area contributed by atoms with Gasteiger partial charge in [-0.15, -0.1) is 0 Å². The number of hydrogen-bond acceptors (Lipinski definition) is 4. The highest BCUT2D eigenvalue weighted by Crippen LogP contribution is 2.16. The third-order valence-corrected chi connectivity index (χ3v) is 2.97. The second-order valence-corrected chi connectivity index (χ2v) is 4.32. The number of nitrogens with one attached hydrogen (secondary N) is 1. The number of benzene rings is 1. The minimum atomic E-state index is -0.335. The van der Waals surface area contributed by atoms with Crippen LogP contribution in [0, 0.1) is 5.82 Å². The van der Waals surface area contributed by atoms with E-state index in [1.165, 1.54) is 22.6 Å². The maximum atomic E-state index is 12.9. The number of halogens is 1. The van der Waals surface area contributed by atoms with Gasteiger partial charge in [-0.1, -0.05) is 0 Å². The maximum Gasteiger partial charge on any atom is 0.261 e. The molecule has 3 N–H and O–H groups in total. The molecule has 0 amide bonds. The van der Waals surface area contributed by atoms with Crippen LogP contribution >= 0.6 is 0 Å². The summed E-state index contributed by atoms with van der Waals surface area (Å²) in [7, 11) is 0. The molecule has 20 heavy (non-hydrogen) atoms. The van der Waals surface area contributed by atoms with Gasteiger partial charge in [-0.2, -0.15) is 5.10 Å². The van der Waals surface area contributed by atoms with E-state index in [1.807, 2.05) is 0 Å². The van der Waals surface area contributed by atoms with E-state index in [1.54, 1.807) is 12.1 Å². The second-order valence-electron chi connectivity index (χ2n) is 4.32. The Morgan fingerprint density at radius 1 is 1.30 bits per heavy atom. The Kier molecular flexibility index (Phi) is 3.03. The van der Waals surface area contributed by atoms with Crippen molar-refractivity contribution in [3.05, 3.63) is 52.3 Å². The Morgan fingerprint density at radius 3 is 2.75 bits per heavy atom. The van der Waals surface area contributed by atoms with Crippen molar-refractivity contribution < 1.29 is 4.39 Å². The van der Waals surface area contributed by atoms with Crippen molar-refractivity contribution >= 4 is 5.78 Å². The summed E-state index contributed by atoms with van der Waals surface area (Å²) in [6.07, 6.45) is 0.484. The highest BCUT2D eigenvalue weighted by Gasteiger charge is 2.10. The van der Waals surface area contributed by atoms with Crippen molar-refractivity contribution in [1.82, 2.24) is 19.6 Å². The van der Waals surface area contributed by atoms with Gasteiger partial charge in [0.2, 0.25) is 5.78 Å². The molecule has 2 aromatic heterocycles. The summed E-state index contributed by atoms with van der Waals surface area (Å²) < 4.78 is 14.3. The number of nitrogens with two attached hydrogens (primary N) is 1. The summed E-state index contributed by atoms with van der Waals surface area (Å²) in [6.45, 7) is 0.395. The van der Waals surface area contributed by atoms with E-state index in [0.29, 0.717) is 35.8 Å². The first-order chi connectivity index (χ1) is 9.69. The number of hydrogen-bond donors (Lipinski definition) is 2. The molecule has 1 aromatic carbocycles. The average molecular weight is 273 g/mol. The zero-order valence-corrected chi connectivity index (χ0v) is 10.5. The van der Waals surface area contributed by atoms with E-state index in [9.17, 15) is 9.18 Å². The van der Waals surface area contributed by atoms with Gasteiger partial charge in [-0.25, -0.2) is 18.9 Å². The molecule has 3 aromatic rings. The smallest absolute Gasteiger partial charge is 0.261 e. The van der Waals surface area contributed by atoms with Crippen LogP contribution in [0.5, 0.6) is 0 Å². The molecule has 3 rings (SSSR count). The molecular weight excluding hydrogens is 261 g/mol. The lowest BCUT2D eigenvalue weighted by Gasteiger charge is -2.01.